The smallest absolute Gasteiger partial charge is 0.274 e. The Kier molecular flexibility index (Phi) is 5.92. The van der Waals surface area contributed by atoms with Crippen molar-refractivity contribution in [3.05, 3.63) is 28.2 Å². The van der Waals surface area contributed by atoms with E-state index < -0.39 is 21.5 Å². The highest BCUT2D eigenvalue weighted by Crippen LogP contribution is 2.22. The van der Waals surface area contributed by atoms with E-state index in [4.69, 9.17) is 4.84 Å². The van der Waals surface area contributed by atoms with Crippen molar-refractivity contribution in [2.45, 2.75) is 38.1 Å². The molecule has 0 aliphatic heterocycles. The fourth-order valence-electron chi connectivity index (χ4n) is 1.50. The Labute approximate surface area is 133 Å². The van der Waals surface area contributed by atoms with Gasteiger partial charge in [-0.05, 0) is 61.8 Å². The first kappa shape index (κ1) is 18.1. The van der Waals surface area contributed by atoms with Gasteiger partial charge < -0.3 is 0 Å². The fourth-order valence-corrected chi connectivity index (χ4v) is 3.37. The Balaban J connectivity index is 3.15. The average molecular weight is 379 g/mol. The van der Waals surface area contributed by atoms with Crippen LogP contribution in [0.4, 0.5) is 0 Å². The number of hydrogen-bond donors (Lipinski definition) is 2. The molecule has 0 saturated heterocycles. The van der Waals surface area contributed by atoms with Crippen molar-refractivity contribution in [1.82, 2.24) is 10.2 Å². The molecule has 1 amide bonds. The number of carbonyl (C=O) groups excluding carboxylic acids is 1. The minimum absolute atomic E-state index is 0.0160. The first-order valence-electron chi connectivity index (χ1n) is 6.32. The normalized spacial score (nSPS) is 12.2. The van der Waals surface area contributed by atoms with Crippen molar-refractivity contribution >= 4 is 31.9 Å². The molecule has 2 N–H and O–H groups in total. The van der Waals surface area contributed by atoms with E-state index in [1.165, 1.54) is 18.2 Å². The van der Waals surface area contributed by atoms with Gasteiger partial charge in [-0.2, -0.15) is 0 Å². The van der Waals surface area contributed by atoms with Crippen LogP contribution in [0.5, 0.6) is 0 Å². The van der Waals surface area contributed by atoms with Gasteiger partial charge in [0.05, 0.1) is 17.1 Å². The van der Waals surface area contributed by atoms with E-state index >= 15 is 0 Å². The van der Waals surface area contributed by atoms with Gasteiger partial charge >= 0.3 is 0 Å². The van der Waals surface area contributed by atoms with E-state index in [1.807, 2.05) is 0 Å². The summed E-state index contributed by atoms with van der Waals surface area (Å²) in [6, 6.07) is 4.24. The first-order valence-corrected chi connectivity index (χ1v) is 8.60. The SMILES string of the molecule is CCONC(=O)c1cc(S(=O)(=O)NC(C)(C)C)ccc1Br. The molecule has 0 unspecified atom stereocenters. The maximum atomic E-state index is 12.3. The molecule has 0 bridgehead atoms. The number of sulfonamides is 1. The van der Waals surface area contributed by atoms with Crippen molar-refractivity contribution in [3.63, 3.8) is 0 Å². The minimum Gasteiger partial charge on any atom is -0.274 e. The fraction of sp³-hybridized carbons (Fsp3) is 0.462. The van der Waals surface area contributed by atoms with Crippen LogP contribution in [-0.2, 0) is 14.9 Å². The van der Waals surface area contributed by atoms with Crippen molar-refractivity contribution in [1.29, 1.82) is 0 Å². The van der Waals surface area contributed by atoms with E-state index in [0.717, 1.165) is 0 Å². The summed E-state index contributed by atoms with van der Waals surface area (Å²) >= 11 is 3.22. The molecule has 0 atom stereocenters. The van der Waals surface area contributed by atoms with Gasteiger partial charge in [-0.1, -0.05) is 0 Å². The lowest BCUT2D eigenvalue weighted by atomic mass is 10.1. The molecular formula is C13H19BrN2O4S. The van der Waals surface area contributed by atoms with Crippen molar-refractivity contribution in [3.8, 4) is 0 Å². The number of carbonyl (C=O) groups is 1. The van der Waals surface area contributed by atoms with Gasteiger partial charge in [0.2, 0.25) is 10.0 Å². The number of amides is 1. The van der Waals surface area contributed by atoms with Crippen LogP contribution >= 0.6 is 15.9 Å². The van der Waals surface area contributed by atoms with Gasteiger partial charge in [0.1, 0.15) is 0 Å². The summed E-state index contributed by atoms with van der Waals surface area (Å²) in [5.41, 5.74) is 1.80. The van der Waals surface area contributed by atoms with Gasteiger partial charge in [0.15, 0.2) is 0 Å². The minimum atomic E-state index is -3.70. The maximum Gasteiger partial charge on any atom is 0.276 e. The molecular weight excluding hydrogens is 360 g/mol. The molecule has 1 aromatic carbocycles. The molecule has 0 saturated carbocycles. The van der Waals surface area contributed by atoms with Gasteiger partial charge in [0, 0.05) is 10.0 Å². The van der Waals surface area contributed by atoms with E-state index in [-0.39, 0.29) is 10.5 Å². The third-order valence-electron chi connectivity index (χ3n) is 2.24. The van der Waals surface area contributed by atoms with Crippen LogP contribution in [0, 0.1) is 0 Å². The number of hydrogen-bond acceptors (Lipinski definition) is 4. The lowest BCUT2D eigenvalue weighted by Gasteiger charge is -2.20. The molecule has 0 spiro atoms. The lowest BCUT2D eigenvalue weighted by molar-refractivity contribution is 0.0363. The molecule has 0 aliphatic rings. The average Bonchev–Trinajstić information content (AvgIpc) is 2.33. The number of halogens is 1. The summed E-state index contributed by atoms with van der Waals surface area (Å²) in [6.07, 6.45) is 0. The summed E-state index contributed by atoms with van der Waals surface area (Å²) < 4.78 is 27.5. The largest absolute Gasteiger partial charge is 0.276 e. The van der Waals surface area contributed by atoms with E-state index in [2.05, 4.69) is 26.1 Å². The number of rotatable bonds is 5. The van der Waals surface area contributed by atoms with Crippen LogP contribution in [0.15, 0.2) is 27.6 Å². The number of hydroxylamine groups is 1. The highest BCUT2D eigenvalue weighted by atomic mass is 79.9. The summed E-state index contributed by atoms with van der Waals surface area (Å²) in [5.74, 6) is -0.517. The van der Waals surface area contributed by atoms with Gasteiger partial charge in [0.25, 0.3) is 5.91 Å². The Morgan fingerprint density at radius 2 is 1.95 bits per heavy atom. The molecule has 1 aromatic rings. The first-order chi connectivity index (χ1) is 9.57. The molecule has 0 radical (unpaired) electrons. The molecule has 0 fully saturated rings. The zero-order chi connectivity index (χ0) is 16.3. The third kappa shape index (κ3) is 5.39. The van der Waals surface area contributed by atoms with Crippen LogP contribution in [-0.4, -0.2) is 26.5 Å². The predicted octanol–water partition coefficient (Wildman–Crippen LogP) is 2.21. The van der Waals surface area contributed by atoms with Gasteiger partial charge in [-0.3, -0.25) is 9.63 Å². The molecule has 0 aromatic heterocycles. The topological polar surface area (TPSA) is 84.5 Å². The van der Waals surface area contributed by atoms with Crippen LogP contribution in [0.3, 0.4) is 0 Å². The molecule has 21 heavy (non-hydrogen) atoms. The van der Waals surface area contributed by atoms with Crippen molar-refractivity contribution in [2.75, 3.05) is 6.61 Å². The lowest BCUT2D eigenvalue weighted by Crippen LogP contribution is -2.40. The molecule has 0 heterocycles. The van der Waals surface area contributed by atoms with Crippen LogP contribution in [0.1, 0.15) is 38.1 Å². The van der Waals surface area contributed by atoms with Crippen LogP contribution in [0.2, 0.25) is 0 Å². The quantitative estimate of drug-likeness (QED) is 0.769. The predicted molar refractivity (Wildman–Crippen MR) is 83.3 cm³/mol. The Bertz CT molecular complexity index is 624. The second-order valence-electron chi connectivity index (χ2n) is 5.36. The van der Waals surface area contributed by atoms with Gasteiger partial charge in [-0.15, -0.1) is 0 Å². The van der Waals surface area contributed by atoms with Crippen molar-refractivity contribution in [2.24, 2.45) is 0 Å². The zero-order valence-electron chi connectivity index (χ0n) is 12.4. The monoisotopic (exact) mass is 378 g/mol. The molecule has 0 aliphatic carbocycles. The molecule has 6 nitrogen and oxygen atoms in total. The Hall–Kier alpha value is -0.960. The Morgan fingerprint density at radius 1 is 1.33 bits per heavy atom. The maximum absolute atomic E-state index is 12.3. The number of benzene rings is 1. The van der Waals surface area contributed by atoms with Crippen LogP contribution < -0.4 is 10.2 Å². The second-order valence-corrected chi connectivity index (χ2v) is 7.90. The highest BCUT2D eigenvalue weighted by Gasteiger charge is 2.23. The van der Waals surface area contributed by atoms with Crippen LogP contribution in [0.25, 0.3) is 0 Å². The van der Waals surface area contributed by atoms with E-state index in [9.17, 15) is 13.2 Å². The van der Waals surface area contributed by atoms with Crippen molar-refractivity contribution < 1.29 is 18.0 Å². The third-order valence-corrected chi connectivity index (χ3v) is 4.69. The van der Waals surface area contributed by atoms with E-state index in [1.54, 1.807) is 27.7 Å². The summed E-state index contributed by atoms with van der Waals surface area (Å²) in [4.78, 5) is 16.7. The summed E-state index contributed by atoms with van der Waals surface area (Å²) in [5, 5.41) is 0. The second kappa shape index (κ2) is 6.87. The zero-order valence-corrected chi connectivity index (χ0v) is 14.8. The van der Waals surface area contributed by atoms with E-state index in [0.29, 0.717) is 11.1 Å². The highest BCUT2D eigenvalue weighted by molar-refractivity contribution is 9.10. The number of nitrogens with one attached hydrogen (secondary N) is 2. The molecule has 1 rings (SSSR count). The summed E-state index contributed by atoms with van der Waals surface area (Å²) in [6.45, 7) is 7.26. The molecule has 8 heteroatoms. The molecule has 118 valence electrons. The Morgan fingerprint density at radius 3 is 2.48 bits per heavy atom. The summed E-state index contributed by atoms with van der Waals surface area (Å²) in [7, 11) is -3.70. The van der Waals surface area contributed by atoms with Gasteiger partial charge in [-0.25, -0.2) is 18.6 Å². The standard InChI is InChI=1S/C13H19BrN2O4S/c1-5-20-15-12(17)10-8-9(6-7-11(10)14)21(18,19)16-13(2,3)4/h6-8,16H,5H2,1-4H3,(H,15,17).